The number of nitrogens with zero attached hydrogens (tertiary/aromatic N) is 1. The third-order valence-corrected chi connectivity index (χ3v) is 3.47. The van der Waals surface area contributed by atoms with Gasteiger partial charge in [-0.2, -0.15) is 0 Å². The van der Waals surface area contributed by atoms with Gasteiger partial charge in [0.15, 0.2) is 0 Å². The SMILES string of the molecule is CN(C)C(=O)/C(=C/c1ccccc1Cl)NC(=O)c1ccccc1. The highest BCUT2D eigenvalue weighted by Crippen LogP contribution is 2.18. The van der Waals surface area contributed by atoms with E-state index in [4.69, 9.17) is 11.6 Å². The van der Waals surface area contributed by atoms with Crippen LogP contribution in [-0.2, 0) is 4.79 Å². The fourth-order valence-corrected chi connectivity index (χ4v) is 2.11. The summed E-state index contributed by atoms with van der Waals surface area (Å²) in [6.07, 6.45) is 1.57. The van der Waals surface area contributed by atoms with E-state index in [0.717, 1.165) is 0 Å². The van der Waals surface area contributed by atoms with Crippen molar-refractivity contribution in [1.29, 1.82) is 0 Å². The fourth-order valence-electron chi connectivity index (χ4n) is 1.92. The summed E-state index contributed by atoms with van der Waals surface area (Å²) in [5.74, 6) is -0.659. The maximum absolute atomic E-state index is 12.3. The van der Waals surface area contributed by atoms with Gasteiger partial charge in [0, 0.05) is 24.7 Å². The Labute approximate surface area is 140 Å². The first-order valence-electron chi connectivity index (χ1n) is 7.03. The van der Waals surface area contributed by atoms with Crippen LogP contribution in [0.15, 0.2) is 60.3 Å². The van der Waals surface area contributed by atoms with E-state index in [1.165, 1.54) is 4.90 Å². The first-order valence-corrected chi connectivity index (χ1v) is 7.41. The van der Waals surface area contributed by atoms with E-state index >= 15 is 0 Å². The molecule has 0 spiro atoms. The third-order valence-electron chi connectivity index (χ3n) is 3.13. The van der Waals surface area contributed by atoms with Crippen molar-refractivity contribution in [3.63, 3.8) is 0 Å². The summed E-state index contributed by atoms with van der Waals surface area (Å²) in [6, 6.07) is 15.8. The standard InChI is InChI=1S/C18H17ClN2O2/c1-21(2)18(23)16(12-14-10-6-7-11-15(14)19)20-17(22)13-8-4-3-5-9-13/h3-12H,1-2H3,(H,20,22)/b16-12-. The molecule has 0 bridgehead atoms. The van der Waals surface area contributed by atoms with E-state index in [1.54, 1.807) is 62.6 Å². The summed E-state index contributed by atoms with van der Waals surface area (Å²) in [4.78, 5) is 26.0. The number of nitrogens with one attached hydrogen (secondary N) is 1. The Kier molecular flexibility index (Phi) is 5.55. The lowest BCUT2D eigenvalue weighted by molar-refractivity contribution is -0.124. The molecule has 0 saturated carbocycles. The Morgan fingerprint density at radius 2 is 1.61 bits per heavy atom. The highest BCUT2D eigenvalue weighted by atomic mass is 35.5. The minimum Gasteiger partial charge on any atom is -0.344 e. The number of likely N-dealkylation sites (N-methyl/N-ethyl adjacent to an activating group) is 1. The van der Waals surface area contributed by atoms with Crippen LogP contribution >= 0.6 is 11.6 Å². The molecule has 1 N–H and O–H groups in total. The monoisotopic (exact) mass is 328 g/mol. The third kappa shape index (κ3) is 4.44. The molecule has 0 saturated heterocycles. The number of rotatable bonds is 4. The zero-order chi connectivity index (χ0) is 16.8. The lowest BCUT2D eigenvalue weighted by Crippen LogP contribution is -2.34. The van der Waals surface area contributed by atoms with Crippen LogP contribution in [0.3, 0.4) is 0 Å². The second kappa shape index (κ2) is 7.61. The summed E-state index contributed by atoms with van der Waals surface area (Å²) in [5.41, 5.74) is 1.30. The molecule has 2 amide bonds. The lowest BCUT2D eigenvalue weighted by atomic mass is 10.1. The molecule has 2 aromatic carbocycles. The molecule has 5 heteroatoms. The zero-order valence-corrected chi connectivity index (χ0v) is 13.7. The van der Waals surface area contributed by atoms with Crippen molar-refractivity contribution in [2.24, 2.45) is 0 Å². The van der Waals surface area contributed by atoms with Gasteiger partial charge in [-0.3, -0.25) is 9.59 Å². The Balaban J connectivity index is 2.34. The second-order valence-corrected chi connectivity index (χ2v) is 5.51. The van der Waals surface area contributed by atoms with Crippen molar-refractivity contribution in [3.05, 3.63) is 76.4 Å². The molecule has 0 aliphatic rings. The van der Waals surface area contributed by atoms with Crippen molar-refractivity contribution in [2.75, 3.05) is 14.1 Å². The largest absolute Gasteiger partial charge is 0.344 e. The van der Waals surface area contributed by atoms with Crippen LogP contribution in [-0.4, -0.2) is 30.8 Å². The van der Waals surface area contributed by atoms with E-state index in [9.17, 15) is 9.59 Å². The average molecular weight is 329 g/mol. The van der Waals surface area contributed by atoms with Crippen molar-refractivity contribution in [1.82, 2.24) is 10.2 Å². The average Bonchev–Trinajstić information content (AvgIpc) is 2.56. The number of carbonyl (C=O) groups excluding carboxylic acids is 2. The summed E-state index contributed by atoms with van der Waals surface area (Å²) in [6.45, 7) is 0. The van der Waals surface area contributed by atoms with E-state index < -0.39 is 0 Å². The molecule has 0 aliphatic carbocycles. The molecular weight excluding hydrogens is 312 g/mol. The van der Waals surface area contributed by atoms with Gasteiger partial charge in [-0.15, -0.1) is 0 Å². The molecule has 0 fully saturated rings. The van der Waals surface area contributed by atoms with E-state index in [2.05, 4.69) is 5.32 Å². The van der Waals surface area contributed by atoms with Crippen LogP contribution in [0.1, 0.15) is 15.9 Å². The highest BCUT2D eigenvalue weighted by molar-refractivity contribution is 6.32. The number of amides is 2. The number of halogens is 1. The van der Waals surface area contributed by atoms with E-state index in [0.29, 0.717) is 16.1 Å². The van der Waals surface area contributed by atoms with Gasteiger partial charge in [0.1, 0.15) is 5.70 Å². The Hall–Kier alpha value is -2.59. The molecule has 2 aromatic rings. The van der Waals surface area contributed by atoms with Gasteiger partial charge in [-0.05, 0) is 29.8 Å². The molecule has 0 radical (unpaired) electrons. The predicted octanol–water partition coefficient (Wildman–Crippen LogP) is 3.20. The van der Waals surface area contributed by atoms with E-state index in [1.807, 2.05) is 12.1 Å². The number of carbonyl (C=O) groups is 2. The Morgan fingerprint density at radius 1 is 1.00 bits per heavy atom. The minimum absolute atomic E-state index is 0.164. The molecule has 0 aromatic heterocycles. The second-order valence-electron chi connectivity index (χ2n) is 5.10. The molecule has 0 heterocycles. The van der Waals surface area contributed by atoms with Crippen LogP contribution in [0.4, 0.5) is 0 Å². The Bertz CT molecular complexity index is 740. The van der Waals surface area contributed by atoms with Crippen LogP contribution in [0.2, 0.25) is 5.02 Å². The molecule has 0 aliphatic heterocycles. The molecule has 2 rings (SSSR count). The van der Waals surface area contributed by atoms with Crippen LogP contribution < -0.4 is 5.32 Å². The van der Waals surface area contributed by atoms with Gasteiger partial charge >= 0.3 is 0 Å². The van der Waals surface area contributed by atoms with Crippen molar-refractivity contribution >= 4 is 29.5 Å². The van der Waals surface area contributed by atoms with Crippen molar-refractivity contribution < 1.29 is 9.59 Å². The van der Waals surface area contributed by atoms with Gasteiger partial charge < -0.3 is 10.2 Å². The number of hydrogen-bond donors (Lipinski definition) is 1. The maximum Gasteiger partial charge on any atom is 0.269 e. The molecule has 23 heavy (non-hydrogen) atoms. The normalized spacial score (nSPS) is 11.0. The topological polar surface area (TPSA) is 49.4 Å². The van der Waals surface area contributed by atoms with Crippen LogP contribution in [0.5, 0.6) is 0 Å². The van der Waals surface area contributed by atoms with Crippen molar-refractivity contribution in [2.45, 2.75) is 0 Å². The van der Waals surface area contributed by atoms with Gasteiger partial charge in [-0.1, -0.05) is 48.0 Å². The van der Waals surface area contributed by atoms with Gasteiger partial charge in [0.25, 0.3) is 11.8 Å². The van der Waals surface area contributed by atoms with E-state index in [-0.39, 0.29) is 17.5 Å². The summed E-state index contributed by atoms with van der Waals surface area (Å²) >= 11 is 6.12. The van der Waals surface area contributed by atoms with Crippen molar-refractivity contribution in [3.8, 4) is 0 Å². The number of benzene rings is 2. The zero-order valence-electron chi connectivity index (χ0n) is 12.9. The van der Waals surface area contributed by atoms with Crippen LogP contribution in [0, 0.1) is 0 Å². The van der Waals surface area contributed by atoms with Gasteiger partial charge in [-0.25, -0.2) is 0 Å². The summed E-state index contributed by atoms with van der Waals surface area (Å²) < 4.78 is 0. The lowest BCUT2D eigenvalue weighted by Gasteiger charge is -2.15. The number of hydrogen-bond acceptors (Lipinski definition) is 2. The highest BCUT2D eigenvalue weighted by Gasteiger charge is 2.16. The molecular formula is C18H17ClN2O2. The quantitative estimate of drug-likeness (QED) is 0.876. The van der Waals surface area contributed by atoms with Crippen LogP contribution in [0.25, 0.3) is 6.08 Å². The molecule has 0 atom stereocenters. The smallest absolute Gasteiger partial charge is 0.269 e. The molecule has 4 nitrogen and oxygen atoms in total. The first kappa shape index (κ1) is 16.8. The minimum atomic E-state index is -0.348. The maximum atomic E-state index is 12.3. The summed E-state index contributed by atoms with van der Waals surface area (Å²) in [5, 5.41) is 3.17. The van der Waals surface area contributed by atoms with Gasteiger partial charge in [0.05, 0.1) is 0 Å². The summed E-state index contributed by atoms with van der Waals surface area (Å²) in [7, 11) is 3.24. The molecule has 118 valence electrons. The first-order chi connectivity index (χ1) is 11.0. The fraction of sp³-hybridized carbons (Fsp3) is 0.111. The van der Waals surface area contributed by atoms with Gasteiger partial charge in [0.2, 0.25) is 0 Å². The predicted molar refractivity (Wildman–Crippen MR) is 92.0 cm³/mol. The molecule has 0 unspecified atom stereocenters. The Morgan fingerprint density at radius 3 is 2.22 bits per heavy atom.